The molecule has 4 aromatic rings. The van der Waals surface area contributed by atoms with Gasteiger partial charge >= 0.3 is 0 Å². The van der Waals surface area contributed by atoms with Crippen molar-refractivity contribution in [3.05, 3.63) is 72.8 Å². The normalized spacial score (nSPS) is 10.7. The molecule has 0 bridgehead atoms. The van der Waals surface area contributed by atoms with Gasteiger partial charge in [-0.2, -0.15) is 0 Å². The summed E-state index contributed by atoms with van der Waals surface area (Å²) < 4.78 is 0. The molecular formula is C18H12Ag. The fourth-order valence-corrected chi connectivity index (χ4v) is 2.63. The summed E-state index contributed by atoms with van der Waals surface area (Å²) in [4.78, 5) is 0. The Hall–Kier alpha value is -1.60. The number of hydrogen-bond acceptors (Lipinski definition) is 0. The van der Waals surface area contributed by atoms with Crippen molar-refractivity contribution in [3.63, 3.8) is 0 Å². The summed E-state index contributed by atoms with van der Waals surface area (Å²) in [6.45, 7) is 0. The second-order valence-corrected chi connectivity index (χ2v) is 4.75. The third-order valence-corrected chi connectivity index (χ3v) is 3.57. The van der Waals surface area contributed by atoms with Gasteiger partial charge in [-0.05, 0) is 56.6 Å². The van der Waals surface area contributed by atoms with Crippen LogP contribution in [0.3, 0.4) is 0 Å². The molecular weight excluding hydrogens is 324 g/mol. The Balaban J connectivity index is 0.00000110. The predicted octanol–water partition coefficient (Wildman–Crippen LogP) is 5.14. The molecule has 0 nitrogen and oxygen atoms in total. The Morgan fingerprint density at radius 3 is 0.895 bits per heavy atom. The van der Waals surface area contributed by atoms with Gasteiger partial charge in [-0.25, -0.2) is 0 Å². The van der Waals surface area contributed by atoms with E-state index in [-0.39, 0.29) is 22.4 Å². The minimum absolute atomic E-state index is 0. The molecule has 19 heavy (non-hydrogen) atoms. The first kappa shape index (κ1) is 12.4. The zero-order valence-corrected chi connectivity index (χ0v) is 11.7. The summed E-state index contributed by atoms with van der Waals surface area (Å²) in [6, 6.07) is 26.2. The topological polar surface area (TPSA) is 0 Å². The Bertz CT molecular complexity index is 734. The largest absolute Gasteiger partial charge is 0.0616 e. The van der Waals surface area contributed by atoms with Gasteiger partial charge < -0.3 is 0 Å². The van der Waals surface area contributed by atoms with Gasteiger partial charge in [-0.3, -0.25) is 0 Å². The first-order chi connectivity index (χ1) is 8.90. The van der Waals surface area contributed by atoms with Crippen molar-refractivity contribution < 1.29 is 22.4 Å². The minimum Gasteiger partial charge on any atom is -0.0616 e. The van der Waals surface area contributed by atoms with Crippen LogP contribution in [0, 0.1) is 0 Å². The quantitative estimate of drug-likeness (QED) is 0.308. The summed E-state index contributed by atoms with van der Waals surface area (Å²) in [7, 11) is 0. The number of rotatable bonds is 0. The maximum absolute atomic E-state index is 2.27. The Morgan fingerprint density at radius 2 is 0.632 bits per heavy atom. The average molecular weight is 336 g/mol. The van der Waals surface area contributed by atoms with E-state index >= 15 is 0 Å². The van der Waals surface area contributed by atoms with Crippen molar-refractivity contribution in [1.82, 2.24) is 0 Å². The molecule has 0 saturated heterocycles. The molecule has 4 aromatic carbocycles. The third kappa shape index (κ3) is 2.08. The molecule has 95 valence electrons. The van der Waals surface area contributed by atoms with Gasteiger partial charge in [0.2, 0.25) is 0 Å². The van der Waals surface area contributed by atoms with E-state index in [1.165, 1.54) is 32.3 Å². The molecule has 0 atom stereocenters. The van der Waals surface area contributed by atoms with Crippen LogP contribution in [0.4, 0.5) is 0 Å². The second kappa shape index (κ2) is 4.82. The zero-order chi connectivity index (χ0) is 11.9. The number of hydrogen-bond donors (Lipinski definition) is 0. The average Bonchev–Trinajstić information content (AvgIpc) is 2.42. The molecule has 1 heteroatoms. The second-order valence-electron chi connectivity index (χ2n) is 4.75. The molecule has 0 saturated carbocycles. The van der Waals surface area contributed by atoms with E-state index in [9.17, 15) is 0 Å². The van der Waals surface area contributed by atoms with Crippen molar-refractivity contribution in [2.45, 2.75) is 0 Å². The summed E-state index contributed by atoms with van der Waals surface area (Å²) in [5.41, 5.74) is 0. The van der Waals surface area contributed by atoms with Crippen LogP contribution in [0.25, 0.3) is 32.3 Å². The molecule has 0 fully saturated rings. The smallest absolute Gasteiger partial charge is 0 e. The molecule has 0 aliphatic rings. The Kier molecular flexibility index (Phi) is 3.16. The zero-order valence-electron chi connectivity index (χ0n) is 10.2. The van der Waals surface area contributed by atoms with Crippen molar-refractivity contribution in [2.75, 3.05) is 0 Å². The SMILES string of the molecule is [Ag].c1ccc2cc3cc4ccccc4cc3cc2c1. The van der Waals surface area contributed by atoms with Crippen LogP contribution in [0.2, 0.25) is 0 Å². The van der Waals surface area contributed by atoms with Crippen LogP contribution < -0.4 is 0 Å². The van der Waals surface area contributed by atoms with Crippen LogP contribution in [-0.2, 0) is 22.4 Å². The van der Waals surface area contributed by atoms with Crippen molar-refractivity contribution in [3.8, 4) is 0 Å². The molecule has 0 N–H and O–H groups in total. The summed E-state index contributed by atoms with van der Waals surface area (Å²) >= 11 is 0. The molecule has 0 unspecified atom stereocenters. The first-order valence-electron chi connectivity index (χ1n) is 6.21. The Morgan fingerprint density at radius 1 is 0.368 bits per heavy atom. The molecule has 0 aliphatic carbocycles. The van der Waals surface area contributed by atoms with Crippen molar-refractivity contribution in [2.24, 2.45) is 0 Å². The predicted molar refractivity (Wildman–Crippen MR) is 79.0 cm³/mol. The van der Waals surface area contributed by atoms with Crippen LogP contribution in [0.5, 0.6) is 0 Å². The maximum atomic E-state index is 2.27. The molecule has 0 heterocycles. The van der Waals surface area contributed by atoms with E-state index in [2.05, 4.69) is 72.8 Å². The minimum atomic E-state index is 0. The van der Waals surface area contributed by atoms with Crippen LogP contribution in [0.1, 0.15) is 0 Å². The van der Waals surface area contributed by atoms with E-state index < -0.39 is 0 Å². The van der Waals surface area contributed by atoms with Crippen molar-refractivity contribution in [1.29, 1.82) is 0 Å². The fourth-order valence-electron chi connectivity index (χ4n) is 2.63. The van der Waals surface area contributed by atoms with Gasteiger partial charge in [0.1, 0.15) is 0 Å². The van der Waals surface area contributed by atoms with E-state index in [1.54, 1.807) is 0 Å². The van der Waals surface area contributed by atoms with Gasteiger partial charge in [-0.15, -0.1) is 0 Å². The van der Waals surface area contributed by atoms with Crippen molar-refractivity contribution >= 4 is 32.3 Å². The molecule has 4 rings (SSSR count). The molecule has 0 aliphatic heterocycles. The summed E-state index contributed by atoms with van der Waals surface area (Å²) in [5.74, 6) is 0. The molecule has 0 spiro atoms. The number of fused-ring (bicyclic) bond motifs is 3. The standard InChI is InChI=1S/C18H12.Ag/c1-2-6-14-10-18-12-16-8-4-3-7-15(16)11-17(18)9-13(14)5-1;/h1-12H;. The van der Waals surface area contributed by atoms with Gasteiger partial charge in [0.15, 0.2) is 0 Å². The van der Waals surface area contributed by atoms with Crippen LogP contribution >= 0.6 is 0 Å². The van der Waals surface area contributed by atoms with Gasteiger partial charge in [0, 0.05) is 22.4 Å². The van der Waals surface area contributed by atoms with Crippen LogP contribution in [-0.4, -0.2) is 0 Å². The third-order valence-electron chi connectivity index (χ3n) is 3.57. The first-order valence-corrected chi connectivity index (χ1v) is 6.21. The summed E-state index contributed by atoms with van der Waals surface area (Å²) in [6.07, 6.45) is 0. The van der Waals surface area contributed by atoms with E-state index in [0.717, 1.165) is 0 Å². The monoisotopic (exact) mass is 335 g/mol. The van der Waals surface area contributed by atoms with Crippen LogP contribution in [0.15, 0.2) is 72.8 Å². The van der Waals surface area contributed by atoms with E-state index in [1.807, 2.05) is 0 Å². The number of benzene rings is 4. The molecule has 0 amide bonds. The maximum Gasteiger partial charge on any atom is 0 e. The fraction of sp³-hybridized carbons (Fsp3) is 0. The Labute approximate surface area is 127 Å². The molecule has 1 radical (unpaired) electrons. The van der Waals surface area contributed by atoms with Gasteiger partial charge in [-0.1, -0.05) is 48.5 Å². The van der Waals surface area contributed by atoms with E-state index in [0.29, 0.717) is 0 Å². The van der Waals surface area contributed by atoms with E-state index in [4.69, 9.17) is 0 Å². The van der Waals surface area contributed by atoms with Gasteiger partial charge in [0.25, 0.3) is 0 Å². The molecule has 0 aromatic heterocycles. The summed E-state index contributed by atoms with van der Waals surface area (Å²) in [5, 5.41) is 7.85. The van der Waals surface area contributed by atoms with Gasteiger partial charge in [0.05, 0.1) is 0 Å².